The fourth-order valence-corrected chi connectivity index (χ4v) is 0.972. The van der Waals surface area contributed by atoms with Gasteiger partial charge in [-0.2, -0.15) is 4.98 Å². The molecule has 1 heterocycles. The fourth-order valence-electron chi connectivity index (χ4n) is 0.838. The van der Waals surface area contributed by atoms with Gasteiger partial charge in [-0.15, -0.1) is 0 Å². The van der Waals surface area contributed by atoms with Crippen molar-refractivity contribution in [1.29, 1.82) is 0 Å². The summed E-state index contributed by atoms with van der Waals surface area (Å²) >= 11 is 5.54. The van der Waals surface area contributed by atoms with Gasteiger partial charge in [0.15, 0.2) is 11.6 Å². The molecule has 15 heavy (non-hydrogen) atoms. The predicted octanol–water partition coefficient (Wildman–Crippen LogP) is 2.11. The molecule has 6 heteroatoms. The monoisotopic (exact) mass is 233 g/mol. The number of nitrogens with zero attached hydrogens (tertiary/aromatic N) is 2. The highest BCUT2D eigenvalue weighted by Gasteiger charge is 2.17. The number of hydrogen-bond donors (Lipinski definition) is 1. The van der Waals surface area contributed by atoms with Crippen molar-refractivity contribution >= 4 is 17.4 Å². The topological polar surface area (TPSA) is 47.0 Å². The van der Waals surface area contributed by atoms with Crippen LogP contribution in [-0.2, 0) is 4.74 Å². The number of ether oxygens (including phenoxy) is 1. The van der Waals surface area contributed by atoms with Crippen LogP contribution in [0, 0.1) is 5.82 Å². The van der Waals surface area contributed by atoms with Gasteiger partial charge in [0.05, 0.1) is 11.8 Å². The molecule has 0 saturated carbocycles. The molecule has 1 rings (SSSR count). The zero-order valence-electron chi connectivity index (χ0n) is 8.84. The van der Waals surface area contributed by atoms with Crippen molar-refractivity contribution in [2.24, 2.45) is 0 Å². The molecule has 0 fully saturated rings. The minimum atomic E-state index is -0.536. The highest BCUT2D eigenvalue weighted by atomic mass is 35.5. The maximum atomic E-state index is 13.2. The molecule has 84 valence electrons. The molecule has 0 saturated heterocycles. The molecule has 0 radical (unpaired) electrons. The molecule has 0 bridgehead atoms. The smallest absolute Gasteiger partial charge is 0.224 e. The van der Waals surface area contributed by atoms with E-state index in [0.717, 1.165) is 6.20 Å². The van der Waals surface area contributed by atoms with Crippen molar-refractivity contribution < 1.29 is 9.13 Å². The Hall–Kier alpha value is -0.940. The Morgan fingerprint density at radius 3 is 2.87 bits per heavy atom. The summed E-state index contributed by atoms with van der Waals surface area (Å²) in [6.07, 6.45) is 1.03. The number of halogens is 2. The molecular weight excluding hydrogens is 221 g/mol. The number of aromatic nitrogens is 2. The quantitative estimate of drug-likeness (QED) is 0.810. The minimum absolute atomic E-state index is 0.00845. The van der Waals surface area contributed by atoms with E-state index in [0.29, 0.717) is 6.54 Å². The van der Waals surface area contributed by atoms with Crippen LogP contribution in [-0.4, -0.2) is 29.2 Å². The summed E-state index contributed by atoms with van der Waals surface area (Å²) < 4.78 is 18.3. The van der Waals surface area contributed by atoms with E-state index in [1.54, 1.807) is 7.11 Å². The Labute approximate surface area is 92.8 Å². The van der Waals surface area contributed by atoms with E-state index in [1.165, 1.54) is 0 Å². The summed E-state index contributed by atoms with van der Waals surface area (Å²) in [6, 6.07) is 0. The van der Waals surface area contributed by atoms with E-state index in [-0.39, 0.29) is 11.1 Å². The number of hydrogen-bond acceptors (Lipinski definition) is 4. The first-order valence-electron chi connectivity index (χ1n) is 4.42. The largest absolute Gasteiger partial charge is 0.377 e. The van der Waals surface area contributed by atoms with Gasteiger partial charge in [0.2, 0.25) is 5.28 Å². The van der Waals surface area contributed by atoms with Crippen LogP contribution in [0.4, 0.5) is 10.2 Å². The molecule has 1 N–H and O–H groups in total. The zero-order valence-corrected chi connectivity index (χ0v) is 9.60. The van der Waals surface area contributed by atoms with Crippen LogP contribution in [0.1, 0.15) is 13.8 Å². The number of methoxy groups -OCH3 is 1. The van der Waals surface area contributed by atoms with Gasteiger partial charge < -0.3 is 10.1 Å². The number of nitrogens with one attached hydrogen (secondary N) is 1. The van der Waals surface area contributed by atoms with Crippen LogP contribution < -0.4 is 5.32 Å². The molecule has 0 atom stereocenters. The van der Waals surface area contributed by atoms with Crippen LogP contribution >= 0.6 is 11.6 Å². The third-order valence-corrected chi connectivity index (χ3v) is 2.13. The Balaban J connectivity index is 2.69. The van der Waals surface area contributed by atoms with Crippen molar-refractivity contribution in [3.05, 3.63) is 17.3 Å². The lowest BCUT2D eigenvalue weighted by atomic mass is 10.1. The predicted molar refractivity (Wildman–Crippen MR) is 56.6 cm³/mol. The molecule has 0 unspecified atom stereocenters. The number of anilines is 1. The van der Waals surface area contributed by atoms with Gasteiger partial charge in [-0.05, 0) is 25.4 Å². The Morgan fingerprint density at radius 2 is 2.27 bits per heavy atom. The van der Waals surface area contributed by atoms with E-state index in [9.17, 15) is 4.39 Å². The second kappa shape index (κ2) is 4.72. The highest BCUT2D eigenvalue weighted by molar-refractivity contribution is 6.28. The Morgan fingerprint density at radius 1 is 1.60 bits per heavy atom. The normalized spacial score (nSPS) is 11.5. The molecule has 0 aromatic carbocycles. The number of rotatable bonds is 4. The van der Waals surface area contributed by atoms with Crippen molar-refractivity contribution in [2.45, 2.75) is 19.4 Å². The third kappa shape index (κ3) is 3.60. The Bertz CT molecular complexity index is 346. The van der Waals surface area contributed by atoms with Crippen LogP contribution in [0.5, 0.6) is 0 Å². The third-order valence-electron chi connectivity index (χ3n) is 1.95. The van der Waals surface area contributed by atoms with E-state index in [2.05, 4.69) is 15.3 Å². The maximum absolute atomic E-state index is 13.2. The summed E-state index contributed by atoms with van der Waals surface area (Å²) in [6.45, 7) is 4.18. The van der Waals surface area contributed by atoms with Gasteiger partial charge in [-0.3, -0.25) is 0 Å². The van der Waals surface area contributed by atoms with E-state index in [4.69, 9.17) is 16.3 Å². The van der Waals surface area contributed by atoms with E-state index in [1.807, 2.05) is 13.8 Å². The zero-order chi connectivity index (χ0) is 11.5. The fraction of sp³-hybridized carbons (Fsp3) is 0.556. The van der Waals surface area contributed by atoms with E-state index < -0.39 is 11.4 Å². The molecule has 1 aromatic heterocycles. The van der Waals surface area contributed by atoms with Crippen LogP contribution in [0.3, 0.4) is 0 Å². The minimum Gasteiger partial charge on any atom is -0.377 e. The van der Waals surface area contributed by atoms with Gasteiger partial charge in [-0.1, -0.05) is 0 Å². The Kier molecular flexibility index (Phi) is 3.82. The van der Waals surface area contributed by atoms with Gasteiger partial charge in [0.1, 0.15) is 0 Å². The van der Waals surface area contributed by atoms with Crippen molar-refractivity contribution in [3.63, 3.8) is 0 Å². The summed E-state index contributed by atoms with van der Waals surface area (Å²) in [5, 5.41) is 2.82. The van der Waals surface area contributed by atoms with Crippen LogP contribution in [0.2, 0.25) is 5.28 Å². The lowest BCUT2D eigenvalue weighted by Crippen LogP contribution is -2.32. The van der Waals surface area contributed by atoms with Crippen molar-refractivity contribution in [1.82, 2.24) is 9.97 Å². The van der Waals surface area contributed by atoms with Gasteiger partial charge in [0, 0.05) is 13.7 Å². The van der Waals surface area contributed by atoms with Crippen molar-refractivity contribution in [3.8, 4) is 0 Å². The van der Waals surface area contributed by atoms with Crippen LogP contribution in [0.25, 0.3) is 0 Å². The second-order valence-corrected chi connectivity index (χ2v) is 3.99. The van der Waals surface area contributed by atoms with Crippen LogP contribution in [0.15, 0.2) is 6.20 Å². The maximum Gasteiger partial charge on any atom is 0.224 e. The molecule has 0 amide bonds. The molecule has 0 aliphatic carbocycles. The molecule has 1 aromatic rings. The molecule has 0 aliphatic heterocycles. The molecule has 0 spiro atoms. The second-order valence-electron chi connectivity index (χ2n) is 3.65. The molecule has 4 nitrogen and oxygen atoms in total. The molecular formula is C9H13ClFN3O. The van der Waals surface area contributed by atoms with Crippen molar-refractivity contribution in [2.75, 3.05) is 19.0 Å². The lowest BCUT2D eigenvalue weighted by molar-refractivity contribution is 0.0342. The van der Waals surface area contributed by atoms with Gasteiger partial charge in [-0.25, -0.2) is 9.37 Å². The lowest BCUT2D eigenvalue weighted by Gasteiger charge is -2.23. The van der Waals surface area contributed by atoms with Gasteiger partial charge in [0.25, 0.3) is 0 Å². The standard InChI is InChI=1S/C9H13ClFN3O/c1-9(2,15-3)5-13-7-6(11)4-12-8(10)14-7/h4H,5H2,1-3H3,(H,12,13,14). The summed E-state index contributed by atoms with van der Waals surface area (Å²) in [4.78, 5) is 7.23. The average Bonchev–Trinajstić information content (AvgIpc) is 2.20. The average molecular weight is 234 g/mol. The first-order valence-corrected chi connectivity index (χ1v) is 4.79. The first-order chi connectivity index (χ1) is 6.94. The first kappa shape index (κ1) is 12.1. The summed E-state index contributed by atoms with van der Waals surface area (Å²) in [5.41, 5.74) is -0.399. The summed E-state index contributed by atoms with van der Waals surface area (Å²) in [5.74, 6) is -0.452. The molecule has 0 aliphatic rings. The SMILES string of the molecule is COC(C)(C)CNc1nc(Cl)ncc1F. The summed E-state index contributed by atoms with van der Waals surface area (Å²) in [7, 11) is 1.59. The van der Waals surface area contributed by atoms with E-state index >= 15 is 0 Å². The highest BCUT2D eigenvalue weighted by Crippen LogP contribution is 2.14. The van der Waals surface area contributed by atoms with Gasteiger partial charge >= 0.3 is 0 Å².